The van der Waals surface area contributed by atoms with Crippen LogP contribution in [-0.4, -0.2) is 25.5 Å². The number of aromatic amines is 1. The summed E-state index contributed by atoms with van der Waals surface area (Å²) in [5, 5.41) is 4.06. The molecule has 1 aromatic carbocycles. The lowest BCUT2D eigenvalue weighted by molar-refractivity contribution is 0.0960. The van der Waals surface area contributed by atoms with Gasteiger partial charge in [0.05, 0.1) is 21.9 Å². The maximum absolute atomic E-state index is 13.3. The quantitative estimate of drug-likeness (QED) is 0.484. The summed E-state index contributed by atoms with van der Waals surface area (Å²) >= 11 is 1.43. The van der Waals surface area contributed by atoms with Gasteiger partial charge in [0.2, 0.25) is 5.13 Å². The van der Waals surface area contributed by atoms with Crippen LogP contribution in [0.2, 0.25) is 0 Å². The first kappa shape index (κ1) is 16.4. The summed E-state index contributed by atoms with van der Waals surface area (Å²) in [4.78, 5) is 34.9. The van der Waals surface area contributed by atoms with E-state index in [9.17, 15) is 9.59 Å². The maximum Gasteiger partial charge on any atom is 0.283 e. The summed E-state index contributed by atoms with van der Waals surface area (Å²) in [6, 6.07) is 11.4. The number of furan rings is 1. The largest absolute Gasteiger partial charge is 0.469 e. The molecule has 0 amide bonds. The molecule has 1 N–H and O–H groups in total. The van der Waals surface area contributed by atoms with Crippen LogP contribution >= 0.6 is 11.3 Å². The van der Waals surface area contributed by atoms with Crippen LogP contribution in [0.3, 0.4) is 0 Å². The van der Waals surface area contributed by atoms with Crippen LogP contribution in [0.15, 0.2) is 58.1 Å². The van der Waals surface area contributed by atoms with Gasteiger partial charge in [-0.3, -0.25) is 14.7 Å². The molecule has 0 saturated carbocycles. The van der Waals surface area contributed by atoms with Crippen molar-refractivity contribution in [3.05, 3.63) is 76.1 Å². The summed E-state index contributed by atoms with van der Waals surface area (Å²) in [6.07, 6.45) is 4.08. The van der Waals surface area contributed by atoms with Gasteiger partial charge in [0, 0.05) is 24.1 Å². The number of pyridine rings is 1. The molecule has 8 heteroatoms. The van der Waals surface area contributed by atoms with Crippen molar-refractivity contribution in [3.63, 3.8) is 0 Å². The van der Waals surface area contributed by atoms with E-state index in [0.717, 1.165) is 21.5 Å². The Hall–Kier alpha value is -3.52. The predicted octanol–water partition coefficient (Wildman–Crippen LogP) is 3.83. The van der Waals surface area contributed by atoms with E-state index in [4.69, 9.17) is 4.42 Å². The number of nitrogens with zero attached hydrogens (tertiary/aromatic N) is 3. The number of thiazole rings is 1. The first-order chi connectivity index (χ1) is 14.2. The van der Waals surface area contributed by atoms with Crippen molar-refractivity contribution in [2.24, 2.45) is 0 Å². The van der Waals surface area contributed by atoms with E-state index < -0.39 is 0 Å². The Morgan fingerprint density at radius 2 is 2.03 bits per heavy atom. The van der Waals surface area contributed by atoms with Crippen LogP contribution in [0.25, 0.3) is 26.4 Å². The van der Waals surface area contributed by atoms with Crippen molar-refractivity contribution in [1.82, 2.24) is 19.7 Å². The van der Waals surface area contributed by atoms with E-state index in [1.807, 2.05) is 36.4 Å². The number of hydrogen-bond acceptors (Lipinski definition) is 6. The molecule has 0 aliphatic heterocycles. The van der Waals surface area contributed by atoms with Crippen LogP contribution in [-0.2, 0) is 6.42 Å². The van der Waals surface area contributed by atoms with Crippen molar-refractivity contribution < 1.29 is 9.21 Å². The second-order valence-corrected chi connectivity index (χ2v) is 8.14. The molecule has 0 saturated heterocycles. The molecule has 6 rings (SSSR count). The van der Waals surface area contributed by atoms with E-state index in [0.29, 0.717) is 34.6 Å². The van der Waals surface area contributed by atoms with Crippen molar-refractivity contribution in [3.8, 4) is 5.13 Å². The standard InChI is InChI=1S/C21H14N4O3S/c26-15-9-11(16-5-3-7-28-16)8-12-13(15)10-22-19-18(12)20(27)25(24-19)21-23-14-4-1-2-6-17(14)29-21/h1-7,10-11H,8-9H2,(H,22,24)/t11-/m0/s1. The molecule has 29 heavy (non-hydrogen) atoms. The molecular weight excluding hydrogens is 388 g/mol. The molecule has 0 unspecified atom stereocenters. The Kier molecular flexibility index (Phi) is 3.39. The highest BCUT2D eigenvalue weighted by Gasteiger charge is 2.31. The Labute approximate surface area is 167 Å². The van der Waals surface area contributed by atoms with Crippen molar-refractivity contribution in [2.75, 3.05) is 0 Å². The molecule has 4 heterocycles. The Bertz CT molecular complexity index is 1430. The van der Waals surface area contributed by atoms with E-state index in [1.54, 1.807) is 12.5 Å². The lowest BCUT2D eigenvalue weighted by Gasteiger charge is -2.21. The third-order valence-electron chi connectivity index (χ3n) is 5.42. The number of fused-ring (bicyclic) bond motifs is 4. The third kappa shape index (κ3) is 2.42. The van der Waals surface area contributed by atoms with E-state index in [2.05, 4.69) is 15.1 Å². The molecule has 1 atom stereocenters. The Morgan fingerprint density at radius 1 is 1.14 bits per heavy atom. The summed E-state index contributed by atoms with van der Waals surface area (Å²) in [5.41, 5.74) is 2.31. The molecule has 5 aromatic rings. The number of H-pyrrole nitrogens is 1. The summed E-state index contributed by atoms with van der Waals surface area (Å²) in [5.74, 6) is 0.658. The van der Waals surface area contributed by atoms with Gasteiger partial charge in [-0.2, -0.15) is 4.68 Å². The van der Waals surface area contributed by atoms with Crippen molar-refractivity contribution >= 4 is 38.4 Å². The third-order valence-corrected chi connectivity index (χ3v) is 6.44. The van der Waals surface area contributed by atoms with Gasteiger partial charge in [-0.1, -0.05) is 23.5 Å². The van der Waals surface area contributed by atoms with E-state index >= 15 is 0 Å². The van der Waals surface area contributed by atoms with E-state index in [-0.39, 0.29) is 17.3 Å². The second-order valence-electron chi connectivity index (χ2n) is 7.13. The molecule has 1 aliphatic rings. The predicted molar refractivity (Wildman–Crippen MR) is 109 cm³/mol. The number of para-hydroxylation sites is 1. The molecule has 0 spiro atoms. The van der Waals surface area contributed by atoms with Gasteiger partial charge < -0.3 is 4.42 Å². The highest BCUT2D eigenvalue weighted by molar-refractivity contribution is 7.20. The van der Waals surface area contributed by atoms with Gasteiger partial charge in [-0.25, -0.2) is 9.97 Å². The lowest BCUT2D eigenvalue weighted by atomic mass is 9.81. The number of rotatable bonds is 2. The van der Waals surface area contributed by atoms with Gasteiger partial charge in [0.25, 0.3) is 5.56 Å². The zero-order valence-electron chi connectivity index (χ0n) is 15.1. The van der Waals surface area contributed by atoms with Gasteiger partial charge in [-0.15, -0.1) is 0 Å². The first-order valence-corrected chi connectivity index (χ1v) is 10.1. The normalized spacial score (nSPS) is 16.6. The molecule has 142 valence electrons. The minimum absolute atomic E-state index is 0.0193. The smallest absolute Gasteiger partial charge is 0.283 e. The number of carbonyl (C=O) groups excluding carboxylic acids is 1. The summed E-state index contributed by atoms with van der Waals surface area (Å²) < 4.78 is 7.94. The average molecular weight is 402 g/mol. The molecular formula is C21H14N4O3S. The van der Waals surface area contributed by atoms with Crippen LogP contribution in [0.1, 0.15) is 34.0 Å². The highest BCUT2D eigenvalue weighted by atomic mass is 32.1. The lowest BCUT2D eigenvalue weighted by Crippen LogP contribution is -2.21. The molecule has 0 fully saturated rings. The average Bonchev–Trinajstić information content (AvgIpc) is 3.46. The fraction of sp³-hybridized carbons (Fsp3) is 0.143. The van der Waals surface area contributed by atoms with Gasteiger partial charge in [-0.05, 0) is 36.2 Å². The van der Waals surface area contributed by atoms with Crippen LogP contribution in [0.4, 0.5) is 0 Å². The Balaban J connectivity index is 1.55. The number of ketones is 1. The molecule has 4 aromatic heterocycles. The van der Waals surface area contributed by atoms with Gasteiger partial charge in [0.15, 0.2) is 11.4 Å². The SMILES string of the molecule is O=C1C[C@@H](c2ccco2)Cc2c1cnc1[nH]n(-c3nc4ccccc4s3)c(=O)c21. The zero-order valence-corrected chi connectivity index (χ0v) is 15.9. The molecule has 1 aliphatic carbocycles. The monoisotopic (exact) mass is 402 g/mol. The number of Topliss-reactive ketones (excluding diaryl/α,β-unsaturated/α-hetero) is 1. The van der Waals surface area contributed by atoms with Crippen LogP contribution in [0.5, 0.6) is 0 Å². The van der Waals surface area contributed by atoms with Gasteiger partial charge in [0.1, 0.15) is 5.76 Å². The number of aromatic nitrogens is 4. The maximum atomic E-state index is 13.3. The minimum Gasteiger partial charge on any atom is -0.469 e. The number of hydrogen-bond donors (Lipinski definition) is 1. The molecule has 0 bridgehead atoms. The highest BCUT2D eigenvalue weighted by Crippen LogP contribution is 2.35. The number of carbonyl (C=O) groups is 1. The van der Waals surface area contributed by atoms with Crippen LogP contribution < -0.4 is 5.56 Å². The van der Waals surface area contributed by atoms with E-state index in [1.165, 1.54) is 16.0 Å². The molecule has 0 radical (unpaired) electrons. The van der Waals surface area contributed by atoms with Crippen molar-refractivity contribution in [2.45, 2.75) is 18.8 Å². The minimum atomic E-state index is -0.240. The summed E-state index contributed by atoms with van der Waals surface area (Å²) in [7, 11) is 0. The Morgan fingerprint density at radius 3 is 2.86 bits per heavy atom. The molecule has 7 nitrogen and oxygen atoms in total. The van der Waals surface area contributed by atoms with Crippen LogP contribution in [0, 0.1) is 0 Å². The fourth-order valence-electron chi connectivity index (χ4n) is 4.05. The second kappa shape index (κ2) is 5.99. The summed E-state index contributed by atoms with van der Waals surface area (Å²) in [6.45, 7) is 0. The number of benzene rings is 1. The van der Waals surface area contributed by atoms with Crippen molar-refractivity contribution in [1.29, 1.82) is 0 Å². The zero-order chi connectivity index (χ0) is 19.5. The first-order valence-electron chi connectivity index (χ1n) is 9.24. The fourth-order valence-corrected chi connectivity index (χ4v) is 4.98. The topological polar surface area (TPSA) is 93.8 Å². The number of nitrogens with one attached hydrogen (secondary N) is 1. The van der Waals surface area contributed by atoms with Gasteiger partial charge >= 0.3 is 0 Å².